The first kappa shape index (κ1) is 10.0. The minimum atomic E-state index is 0.620. The molecule has 0 saturated carbocycles. The molecule has 84 valence electrons. The van der Waals surface area contributed by atoms with Crippen molar-refractivity contribution in [3.05, 3.63) is 48.0 Å². The number of fused-ring (bicyclic) bond motifs is 1. The fraction of sp³-hybridized carbons (Fsp3) is 0.143. The number of rotatable bonds is 1. The molecule has 0 unspecified atom stereocenters. The number of nitrogens with two attached hydrogens (primary N) is 1. The van der Waals surface area contributed by atoms with E-state index >= 15 is 0 Å². The molecule has 2 N–H and O–H groups in total. The molecule has 0 amide bonds. The standard InChI is InChI=1S/C14H13N3/c15-14-8-7-13(16-17-14)12-6-5-10-3-1-2-4-11(10)9-12/h1-6,9H,7-8H2,(H2,15,17). The normalized spacial score (nSPS) is 15.5. The van der Waals surface area contributed by atoms with Crippen LogP contribution in [0.5, 0.6) is 0 Å². The lowest BCUT2D eigenvalue weighted by atomic mass is 10.0. The summed E-state index contributed by atoms with van der Waals surface area (Å²) in [6.07, 6.45) is 1.67. The second kappa shape index (κ2) is 4.01. The maximum Gasteiger partial charge on any atom is 0.122 e. The topological polar surface area (TPSA) is 50.7 Å². The molecule has 1 aliphatic rings. The highest BCUT2D eigenvalue weighted by Gasteiger charge is 2.09. The van der Waals surface area contributed by atoms with E-state index in [1.165, 1.54) is 10.8 Å². The van der Waals surface area contributed by atoms with Crippen molar-refractivity contribution in [3.63, 3.8) is 0 Å². The smallest absolute Gasteiger partial charge is 0.122 e. The van der Waals surface area contributed by atoms with Crippen molar-refractivity contribution in [2.45, 2.75) is 12.8 Å². The van der Waals surface area contributed by atoms with Gasteiger partial charge in [-0.05, 0) is 28.8 Å². The van der Waals surface area contributed by atoms with E-state index in [4.69, 9.17) is 5.73 Å². The third-order valence-electron chi connectivity index (χ3n) is 3.00. The summed E-state index contributed by atoms with van der Waals surface area (Å²) in [5.74, 6) is 0.620. The third kappa shape index (κ3) is 1.91. The molecule has 17 heavy (non-hydrogen) atoms. The molecule has 3 heteroatoms. The fourth-order valence-electron chi connectivity index (χ4n) is 2.04. The SMILES string of the molecule is NC1=NN=C(c2ccc3ccccc3c2)CC1. The lowest BCUT2D eigenvalue weighted by Gasteiger charge is -2.10. The number of hydrogen-bond acceptors (Lipinski definition) is 3. The summed E-state index contributed by atoms with van der Waals surface area (Å²) in [5.41, 5.74) is 7.77. The average Bonchev–Trinajstić information content (AvgIpc) is 2.39. The van der Waals surface area contributed by atoms with Gasteiger partial charge in [0.1, 0.15) is 5.84 Å². The van der Waals surface area contributed by atoms with Crippen LogP contribution in [0.2, 0.25) is 0 Å². The molecule has 0 radical (unpaired) electrons. The summed E-state index contributed by atoms with van der Waals surface area (Å²) >= 11 is 0. The Balaban J connectivity index is 2.07. The van der Waals surface area contributed by atoms with Crippen LogP contribution >= 0.6 is 0 Å². The van der Waals surface area contributed by atoms with Crippen molar-refractivity contribution in [3.8, 4) is 0 Å². The Kier molecular flexibility index (Phi) is 2.37. The lowest BCUT2D eigenvalue weighted by Crippen LogP contribution is -2.17. The van der Waals surface area contributed by atoms with E-state index in [0.29, 0.717) is 5.84 Å². The molecule has 0 bridgehead atoms. The molecule has 0 aliphatic carbocycles. The van der Waals surface area contributed by atoms with Crippen LogP contribution in [-0.4, -0.2) is 11.5 Å². The molecule has 3 nitrogen and oxygen atoms in total. The van der Waals surface area contributed by atoms with E-state index in [1.807, 2.05) is 12.1 Å². The van der Waals surface area contributed by atoms with E-state index < -0.39 is 0 Å². The van der Waals surface area contributed by atoms with E-state index in [-0.39, 0.29) is 0 Å². The molecule has 0 spiro atoms. The number of amidine groups is 1. The van der Waals surface area contributed by atoms with Gasteiger partial charge in [0.05, 0.1) is 5.71 Å². The third-order valence-corrected chi connectivity index (χ3v) is 3.00. The van der Waals surface area contributed by atoms with E-state index in [0.717, 1.165) is 24.1 Å². The van der Waals surface area contributed by atoms with Crippen LogP contribution in [0.1, 0.15) is 18.4 Å². The molecule has 0 saturated heterocycles. The Labute approximate surface area is 99.7 Å². The summed E-state index contributed by atoms with van der Waals surface area (Å²) in [4.78, 5) is 0. The molecule has 0 atom stereocenters. The van der Waals surface area contributed by atoms with Crippen molar-refractivity contribution in [1.82, 2.24) is 0 Å². The van der Waals surface area contributed by atoms with Gasteiger partial charge in [0.15, 0.2) is 0 Å². The minimum absolute atomic E-state index is 0.620. The van der Waals surface area contributed by atoms with E-state index in [1.54, 1.807) is 0 Å². The zero-order valence-electron chi connectivity index (χ0n) is 9.43. The molecular weight excluding hydrogens is 210 g/mol. The summed E-state index contributed by atoms with van der Waals surface area (Å²) in [6.45, 7) is 0. The first-order valence-corrected chi connectivity index (χ1v) is 5.71. The minimum Gasteiger partial charge on any atom is -0.386 e. The zero-order valence-corrected chi connectivity index (χ0v) is 9.43. The van der Waals surface area contributed by atoms with Crippen LogP contribution in [-0.2, 0) is 0 Å². The predicted molar refractivity (Wildman–Crippen MR) is 71.3 cm³/mol. The molecule has 2 aromatic rings. The van der Waals surface area contributed by atoms with Gasteiger partial charge in [-0.2, -0.15) is 5.10 Å². The Hall–Kier alpha value is -2.16. The van der Waals surface area contributed by atoms with Crippen molar-refractivity contribution in [2.24, 2.45) is 15.9 Å². The first-order chi connectivity index (χ1) is 8.33. The van der Waals surface area contributed by atoms with Crippen molar-refractivity contribution < 1.29 is 0 Å². The maximum atomic E-state index is 5.61. The molecular formula is C14H13N3. The quantitative estimate of drug-likeness (QED) is 0.794. The number of benzene rings is 2. The van der Waals surface area contributed by atoms with E-state index in [9.17, 15) is 0 Å². The van der Waals surface area contributed by atoms with E-state index in [2.05, 4.69) is 40.5 Å². The van der Waals surface area contributed by atoms with Crippen LogP contribution in [0.3, 0.4) is 0 Å². The zero-order chi connectivity index (χ0) is 11.7. The van der Waals surface area contributed by atoms with Gasteiger partial charge in [-0.3, -0.25) is 0 Å². The monoisotopic (exact) mass is 223 g/mol. The van der Waals surface area contributed by atoms with Crippen molar-refractivity contribution in [2.75, 3.05) is 0 Å². The largest absolute Gasteiger partial charge is 0.386 e. The Morgan fingerprint density at radius 2 is 1.71 bits per heavy atom. The Morgan fingerprint density at radius 1 is 0.882 bits per heavy atom. The van der Waals surface area contributed by atoms with Crippen LogP contribution < -0.4 is 5.73 Å². The number of hydrogen-bond donors (Lipinski definition) is 1. The van der Waals surface area contributed by atoms with Crippen LogP contribution in [0.25, 0.3) is 10.8 Å². The van der Waals surface area contributed by atoms with Gasteiger partial charge in [0.25, 0.3) is 0 Å². The Bertz CT molecular complexity index is 626. The second-order valence-corrected chi connectivity index (χ2v) is 4.20. The molecule has 1 heterocycles. The average molecular weight is 223 g/mol. The number of nitrogens with zero attached hydrogens (tertiary/aromatic N) is 2. The maximum absolute atomic E-state index is 5.61. The molecule has 0 aromatic heterocycles. The van der Waals surface area contributed by atoms with Gasteiger partial charge in [0.2, 0.25) is 0 Å². The summed E-state index contributed by atoms with van der Waals surface area (Å²) in [6, 6.07) is 14.7. The van der Waals surface area contributed by atoms with Crippen molar-refractivity contribution >= 4 is 22.3 Å². The van der Waals surface area contributed by atoms with Gasteiger partial charge in [-0.15, -0.1) is 5.10 Å². The highest BCUT2D eigenvalue weighted by molar-refractivity contribution is 6.06. The van der Waals surface area contributed by atoms with Gasteiger partial charge in [-0.25, -0.2) is 0 Å². The Morgan fingerprint density at radius 3 is 2.47 bits per heavy atom. The van der Waals surface area contributed by atoms with Gasteiger partial charge in [0, 0.05) is 6.42 Å². The molecule has 2 aromatic carbocycles. The van der Waals surface area contributed by atoms with Crippen LogP contribution in [0.4, 0.5) is 0 Å². The summed E-state index contributed by atoms with van der Waals surface area (Å²) in [5, 5.41) is 10.6. The predicted octanol–water partition coefficient (Wildman–Crippen LogP) is 2.69. The summed E-state index contributed by atoms with van der Waals surface area (Å²) in [7, 11) is 0. The highest BCUT2D eigenvalue weighted by atomic mass is 15.2. The van der Waals surface area contributed by atoms with Gasteiger partial charge >= 0.3 is 0 Å². The van der Waals surface area contributed by atoms with Gasteiger partial charge < -0.3 is 5.73 Å². The highest BCUT2D eigenvalue weighted by Crippen LogP contribution is 2.18. The first-order valence-electron chi connectivity index (χ1n) is 5.71. The molecule has 0 fully saturated rings. The molecule has 1 aliphatic heterocycles. The molecule has 3 rings (SSSR count). The summed E-state index contributed by atoms with van der Waals surface area (Å²) < 4.78 is 0. The second-order valence-electron chi connectivity index (χ2n) is 4.20. The van der Waals surface area contributed by atoms with Crippen LogP contribution in [0, 0.1) is 0 Å². The fourth-order valence-corrected chi connectivity index (χ4v) is 2.04. The van der Waals surface area contributed by atoms with Crippen molar-refractivity contribution in [1.29, 1.82) is 0 Å². The van der Waals surface area contributed by atoms with Crippen LogP contribution in [0.15, 0.2) is 52.7 Å². The van der Waals surface area contributed by atoms with Gasteiger partial charge in [-0.1, -0.05) is 36.4 Å². The lowest BCUT2D eigenvalue weighted by molar-refractivity contribution is 1.02.